The summed E-state index contributed by atoms with van der Waals surface area (Å²) in [6.07, 6.45) is 2.05. The van der Waals surface area contributed by atoms with Crippen LogP contribution in [-0.2, 0) is 0 Å². The molecule has 0 spiro atoms. The number of rotatable bonds is 4. The molecule has 19 heavy (non-hydrogen) atoms. The molecule has 0 unspecified atom stereocenters. The fourth-order valence-corrected chi connectivity index (χ4v) is 2.82. The van der Waals surface area contributed by atoms with Gasteiger partial charge in [-0.2, -0.15) is 0 Å². The van der Waals surface area contributed by atoms with Crippen LogP contribution in [0.25, 0.3) is 0 Å². The fourth-order valence-electron chi connectivity index (χ4n) is 1.85. The SMILES string of the molecule is Cc1c(C(=O)NC(C)C)sc(N)c1C(=O)NC1CC1. The van der Waals surface area contributed by atoms with Crippen molar-refractivity contribution in [2.45, 2.75) is 45.7 Å². The summed E-state index contributed by atoms with van der Waals surface area (Å²) in [6.45, 7) is 5.56. The van der Waals surface area contributed by atoms with E-state index in [0.717, 1.165) is 12.8 Å². The van der Waals surface area contributed by atoms with Crippen LogP contribution < -0.4 is 16.4 Å². The van der Waals surface area contributed by atoms with Gasteiger partial charge >= 0.3 is 0 Å². The summed E-state index contributed by atoms with van der Waals surface area (Å²) in [5.74, 6) is -0.341. The van der Waals surface area contributed by atoms with Crippen LogP contribution in [0.1, 0.15) is 52.3 Å². The lowest BCUT2D eigenvalue weighted by Crippen LogP contribution is -2.30. The molecule has 1 aliphatic carbocycles. The topological polar surface area (TPSA) is 84.2 Å². The highest BCUT2D eigenvalue weighted by Gasteiger charge is 2.28. The molecule has 0 saturated heterocycles. The number of nitrogens with two attached hydrogens (primary N) is 1. The van der Waals surface area contributed by atoms with Crippen molar-refractivity contribution in [3.05, 3.63) is 16.0 Å². The Morgan fingerprint density at radius 2 is 1.95 bits per heavy atom. The molecule has 4 N–H and O–H groups in total. The molecule has 1 fully saturated rings. The van der Waals surface area contributed by atoms with Gasteiger partial charge in [0.25, 0.3) is 11.8 Å². The molecule has 0 aromatic carbocycles. The van der Waals surface area contributed by atoms with Crippen molar-refractivity contribution in [3.63, 3.8) is 0 Å². The quantitative estimate of drug-likeness (QED) is 0.785. The van der Waals surface area contributed by atoms with E-state index in [9.17, 15) is 9.59 Å². The van der Waals surface area contributed by atoms with E-state index in [2.05, 4.69) is 10.6 Å². The van der Waals surface area contributed by atoms with Crippen LogP contribution in [0, 0.1) is 6.92 Å². The van der Waals surface area contributed by atoms with E-state index in [1.165, 1.54) is 11.3 Å². The first-order valence-corrected chi connectivity index (χ1v) is 7.22. The Labute approximate surface area is 116 Å². The zero-order valence-corrected chi connectivity index (χ0v) is 12.2. The number of amides is 2. The lowest BCUT2D eigenvalue weighted by Gasteiger charge is -2.07. The molecule has 2 amide bonds. The van der Waals surface area contributed by atoms with Gasteiger partial charge in [-0.1, -0.05) is 0 Å². The average Bonchev–Trinajstić information content (AvgIpc) is 3.03. The summed E-state index contributed by atoms with van der Waals surface area (Å²) in [5.41, 5.74) is 7.00. The van der Waals surface area contributed by atoms with Gasteiger partial charge in [-0.25, -0.2) is 0 Å². The van der Waals surface area contributed by atoms with E-state index < -0.39 is 0 Å². The summed E-state index contributed by atoms with van der Waals surface area (Å²) >= 11 is 1.17. The first kappa shape index (κ1) is 13.9. The normalized spacial score (nSPS) is 14.5. The van der Waals surface area contributed by atoms with E-state index in [4.69, 9.17) is 5.73 Å². The second kappa shape index (κ2) is 5.21. The number of hydrogen-bond acceptors (Lipinski definition) is 4. The molecule has 0 atom stereocenters. The van der Waals surface area contributed by atoms with Gasteiger partial charge in [-0.05, 0) is 39.2 Å². The first-order valence-electron chi connectivity index (χ1n) is 6.40. The molecule has 0 radical (unpaired) electrons. The maximum Gasteiger partial charge on any atom is 0.261 e. The number of thiophene rings is 1. The van der Waals surface area contributed by atoms with Crippen molar-refractivity contribution in [2.75, 3.05) is 5.73 Å². The highest BCUT2D eigenvalue weighted by Crippen LogP contribution is 2.31. The summed E-state index contributed by atoms with van der Waals surface area (Å²) < 4.78 is 0. The third-order valence-corrected chi connectivity index (χ3v) is 4.06. The van der Waals surface area contributed by atoms with E-state index in [0.29, 0.717) is 21.0 Å². The molecule has 2 rings (SSSR count). The van der Waals surface area contributed by atoms with E-state index in [1.807, 2.05) is 13.8 Å². The van der Waals surface area contributed by atoms with E-state index in [1.54, 1.807) is 6.92 Å². The molecule has 1 aliphatic rings. The highest BCUT2D eigenvalue weighted by molar-refractivity contribution is 7.18. The van der Waals surface area contributed by atoms with Gasteiger partial charge in [0.2, 0.25) is 0 Å². The summed E-state index contributed by atoms with van der Waals surface area (Å²) in [7, 11) is 0. The van der Waals surface area contributed by atoms with Gasteiger partial charge < -0.3 is 16.4 Å². The van der Waals surface area contributed by atoms with Crippen LogP contribution in [0.15, 0.2) is 0 Å². The van der Waals surface area contributed by atoms with Crippen molar-refractivity contribution in [1.82, 2.24) is 10.6 Å². The van der Waals surface area contributed by atoms with Crippen LogP contribution in [0.3, 0.4) is 0 Å². The molecule has 6 heteroatoms. The summed E-state index contributed by atoms with van der Waals surface area (Å²) in [6, 6.07) is 0.332. The maximum atomic E-state index is 12.1. The van der Waals surface area contributed by atoms with Crippen molar-refractivity contribution in [3.8, 4) is 0 Å². The van der Waals surface area contributed by atoms with Crippen LogP contribution in [0.4, 0.5) is 5.00 Å². The van der Waals surface area contributed by atoms with Crippen LogP contribution in [-0.4, -0.2) is 23.9 Å². The molecule has 104 valence electrons. The van der Waals surface area contributed by atoms with Gasteiger partial charge in [0.15, 0.2) is 0 Å². The van der Waals surface area contributed by atoms with Crippen LogP contribution >= 0.6 is 11.3 Å². The van der Waals surface area contributed by atoms with Crippen molar-refractivity contribution < 1.29 is 9.59 Å². The second-order valence-corrected chi connectivity index (χ2v) is 6.22. The number of nitrogens with one attached hydrogen (secondary N) is 2. The van der Waals surface area contributed by atoms with Crippen molar-refractivity contribution >= 4 is 28.2 Å². The van der Waals surface area contributed by atoms with Gasteiger partial charge in [-0.15, -0.1) is 11.3 Å². The maximum absolute atomic E-state index is 12.1. The molecular weight excluding hydrogens is 262 g/mol. The Bertz CT molecular complexity index is 518. The Morgan fingerprint density at radius 1 is 1.32 bits per heavy atom. The molecule has 5 nitrogen and oxygen atoms in total. The summed E-state index contributed by atoms with van der Waals surface area (Å²) in [5, 5.41) is 6.12. The van der Waals surface area contributed by atoms with Gasteiger partial charge in [0.1, 0.15) is 0 Å². The first-order chi connectivity index (χ1) is 8.90. The lowest BCUT2D eigenvalue weighted by molar-refractivity contribution is 0.0946. The molecular formula is C13H19N3O2S. The minimum Gasteiger partial charge on any atom is -0.390 e. The predicted molar refractivity (Wildman–Crippen MR) is 76.6 cm³/mol. The minimum absolute atomic E-state index is 0.0546. The zero-order valence-electron chi connectivity index (χ0n) is 11.4. The third-order valence-electron chi connectivity index (χ3n) is 2.94. The van der Waals surface area contributed by atoms with Crippen LogP contribution in [0.5, 0.6) is 0 Å². The van der Waals surface area contributed by atoms with E-state index >= 15 is 0 Å². The lowest BCUT2D eigenvalue weighted by atomic mass is 10.1. The van der Waals surface area contributed by atoms with Gasteiger partial charge in [-0.3, -0.25) is 9.59 Å². The van der Waals surface area contributed by atoms with E-state index in [-0.39, 0.29) is 23.9 Å². The Morgan fingerprint density at radius 3 is 2.47 bits per heavy atom. The molecule has 1 saturated carbocycles. The number of carbonyl (C=O) groups excluding carboxylic acids is 2. The molecule has 1 heterocycles. The fraction of sp³-hybridized carbons (Fsp3) is 0.538. The predicted octanol–water partition coefficient (Wildman–Crippen LogP) is 1.67. The smallest absolute Gasteiger partial charge is 0.261 e. The number of nitrogen functional groups attached to an aromatic ring is 1. The molecule has 0 aliphatic heterocycles. The third kappa shape index (κ3) is 3.07. The largest absolute Gasteiger partial charge is 0.390 e. The number of hydrogen-bond donors (Lipinski definition) is 3. The monoisotopic (exact) mass is 281 g/mol. The van der Waals surface area contributed by atoms with Crippen molar-refractivity contribution in [2.24, 2.45) is 0 Å². The van der Waals surface area contributed by atoms with Crippen LogP contribution in [0.2, 0.25) is 0 Å². The minimum atomic E-state index is -0.172. The molecule has 1 aromatic rings. The Balaban J connectivity index is 2.23. The Hall–Kier alpha value is -1.56. The number of carbonyl (C=O) groups is 2. The Kier molecular flexibility index (Phi) is 3.80. The summed E-state index contributed by atoms with van der Waals surface area (Å²) in [4.78, 5) is 24.6. The van der Waals surface area contributed by atoms with Gasteiger partial charge in [0, 0.05) is 12.1 Å². The average molecular weight is 281 g/mol. The molecule has 1 aromatic heterocycles. The van der Waals surface area contributed by atoms with Crippen molar-refractivity contribution in [1.29, 1.82) is 0 Å². The number of anilines is 1. The second-order valence-electron chi connectivity index (χ2n) is 5.17. The zero-order chi connectivity index (χ0) is 14.2. The highest BCUT2D eigenvalue weighted by atomic mass is 32.1. The van der Waals surface area contributed by atoms with Gasteiger partial charge in [0.05, 0.1) is 15.4 Å². The molecule has 0 bridgehead atoms. The standard InChI is InChI=1S/C13H19N3O2S/c1-6(2)15-13(18)10-7(3)9(11(14)19-10)12(17)16-8-4-5-8/h6,8H,4-5,14H2,1-3H3,(H,15,18)(H,16,17).